The maximum Gasteiger partial charge on any atom is 0.309 e. The number of carboxylic acid groups (broad SMARTS) is 1. The van der Waals surface area contributed by atoms with Gasteiger partial charge in [0.25, 0.3) is 0 Å². The Morgan fingerprint density at radius 3 is 2.30 bits per heavy atom. The van der Waals surface area contributed by atoms with Crippen molar-refractivity contribution in [1.29, 1.82) is 0 Å². The summed E-state index contributed by atoms with van der Waals surface area (Å²) in [5.41, 5.74) is -0.621. The number of carboxylic acids is 1. The number of aliphatic carboxylic acids is 1. The third-order valence-electron chi connectivity index (χ3n) is 3.93. The molecule has 0 amide bonds. The van der Waals surface area contributed by atoms with Crippen molar-refractivity contribution < 1.29 is 19.4 Å². The van der Waals surface area contributed by atoms with E-state index < -0.39 is 11.4 Å². The summed E-state index contributed by atoms with van der Waals surface area (Å²) >= 11 is 0. The Bertz CT molecular complexity index is 424. The van der Waals surface area contributed by atoms with E-state index in [-0.39, 0.29) is 0 Å². The summed E-state index contributed by atoms with van der Waals surface area (Å²) in [6.07, 6.45) is 2.64. The zero-order valence-corrected chi connectivity index (χ0v) is 12.5. The van der Waals surface area contributed by atoms with Gasteiger partial charge in [-0.15, -0.1) is 0 Å². The minimum Gasteiger partial charge on any atom is -0.493 e. The topological polar surface area (TPSA) is 55.8 Å². The van der Waals surface area contributed by atoms with Crippen molar-refractivity contribution in [3.63, 3.8) is 0 Å². The minimum absolute atomic E-state index is 0.495. The molecule has 0 unspecified atom stereocenters. The Morgan fingerprint density at radius 1 is 1.20 bits per heavy atom. The molecule has 4 nitrogen and oxygen atoms in total. The van der Waals surface area contributed by atoms with Gasteiger partial charge in [0.2, 0.25) is 0 Å². The fourth-order valence-electron chi connectivity index (χ4n) is 2.34. The number of rotatable bonds is 9. The van der Waals surface area contributed by atoms with Crippen molar-refractivity contribution in [2.24, 2.45) is 5.41 Å². The normalized spacial score (nSPS) is 11.2. The van der Waals surface area contributed by atoms with Crippen molar-refractivity contribution >= 4 is 5.97 Å². The Balaban J connectivity index is 2.50. The average Bonchev–Trinajstić information content (AvgIpc) is 2.48. The highest BCUT2D eigenvalue weighted by atomic mass is 16.5. The number of hydrogen-bond donors (Lipinski definition) is 1. The van der Waals surface area contributed by atoms with E-state index in [0.29, 0.717) is 43.8 Å². The highest BCUT2D eigenvalue weighted by molar-refractivity contribution is 5.74. The van der Waals surface area contributed by atoms with E-state index in [1.807, 2.05) is 38.1 Å². The molecule has 1 N–H and O–H groups in total. The zero-order valence-electron chi connectivity index (χ0n) is 12.5. The lowest BCUT2D eigenvalue weighted by Gasteiger charge is -2.26. The number of hydrogen-bond acceptors (Lipinski definition) is 3. The van der Waals surface area contributed by atoms with Gasteiger partial charge in [-0.3, -0.25) is 4.79 Å². The summed E-state index contributed by atoms with van der Waals surface area (Å²) < 4.78 is 10.9. The van der Waals surface area contributed by atoms with Crippen LogP contribution in [0.25, 0.3) is 0 Å². The quantitative estimate of drug-likeness (QED) is 0.700. The van der Waals surface area contributed by atoms with Crippen molar-refractivity contribution in [2.45, 2.75) is 39.5 Å². The summed E-state index contributed by atoms with van der Waals surface area (Å²) in [5.74, 6) is 0.687. The highest BCUT2D eigenvalue weighted by Gasteiger charge is 2.33. The largest absolute Gasteiger partial charge is 0.493 e. The number of carbonyl (C=O) groups is 1. The van der Waals surface area contributed by atoms with Crippen LogP contribution in [0, 0.1) is 5.41 Å². The third kappa shape index (κ3) is 3.89. The van der Waals surface area contributed by atoms with Gasteiger partial charge in [-0.2, -0.15) is 0 Å². The van der Waals surface area contributed by atoms with Crippen LogP contribution in [0.4, 0.5) is 0 Å². The lowest BCUT2D eigenvalue weighted by Crippen LogP contribution is -2.30. The van der Waals surface area contributed by atoms with Crippen LogP contribution in [0.2, 0.25) is 0 Å². The van der Waals surface area contributed by atoms with E-state index in [9.17, 15) is 9.90 Å². The van der Waals surface area contributed by atoms with Gasteiger partial charge in [-0.25, -0.2) is 0 Å². The third-order valence-corrected chi connectivity index (χ3v) is 3.93. The molecule has 0 saturated heterocycles. The molecule has 0 saturated carbocycles. The molecule has 4 heteroatoms. The Labute approximate surface area is 120 Å². The number of methoxy groups -OCH3 is 1. The number of benzene rings is 1. The average molecular weight is 280 g/mol. The lowest BCUT2D eigenvalue weighted by molar-refractivity contribution is -0.150. The monoisotopic (exact) mass is 280 g/mol. The van der Waals surface area contributed by atoms with Crippen LogP contribution in [-0.4, -0.2) is 24.8 Å². The molecule has 0 aliphatic rings. The van der Waals surface area contributed by atoms with Gasteiger partial charge in [-0.05, 0) is 37.8 Å². The predicted molar refractivity (Wildman–Crippen MR) is 78.4 cm³/mol. The van der Waals surface area contributed by atoms with Gasteiger partial charge in [0.05, 0.1) is 19.1 Å². The first-order valence-electron chi connectivity index (χ1n) is 7.09. The molecule has 0 fully saturated rings. The zero-order chi connectivity index (χ0) is 15.0. The van der Waals surface area contributed by atoms with Crippen LogP contribution in [0.5, 0.6) is 11.5 Å². The van der Waals surface area contributed by atoms with Gasteiger partial charge in [0.1, 0.15) is 0 Å². The molecule has 0 atom stereocenters. The molecule has 1 aromatic rings. The molecular formula is C16H24O4. The first-order chi connectivity index (χ1) is 9.59. The summed E-state index contributed by atoms with van der Waals surface area (Å²) in [5, 5.41) is 9.36. The van der Waals surface area contributed by atoms with Crippen LogP contribution < -0.4 is 9.47 Å². The van der Waals surface area contributed by atoms with Crippen LogP contribution in [0.3, 0.4) is 0 Å². The minimum atomic E-state index is -0.709. The summed E-state index contributed by atoms with van der Waals surface area (Å²) in [4.78, 5) is 11.4. The smallest absolute Gasteiger partial charge is 0.309 e. The van der Waals surface area contributed by atoms with Gasteiger partial charge in [0, 0.05) is 0 Å². The molecule has 0 spiro atoms. The standard InChI is InChI=1S/C16H24O4/c1-4-16(5-2,15(17)18)11-8-12-20-14-10-7-6-9-13(14)19-3/h6-7,9-10H,4-5,8,11-12H2,1-3H3,(H,17,18). The fraction of sp³-hybridized carbons (Fsp3) is 0.562. The van der Waals surface area contributed by atoms with Crippen molar-refractivity contribution in [2.75, 3.05) is 13.7 Å². The van der Waals surface area contributed by atoms with Crippen molar-refractivity contribution in [3.05, 3.63) is 24.3 Å². The maximum absolute atomic E-state index is 11.4. The molecule has 0 radical (unpaired) electrons. The molecule has 20 heavy (non-hydrogen) atoms. The summed E-state index contributed by atoms with van der Waals surface area (Å²) in [7, 11) is 1.60. The van der Waals surface area contributed by atoms with Crippen molar-refractivity contribution in [3.8, 4) is 11.5 Å². The number of ether oxygens (including phenoxy) is 2. The van der Waals surface area contributed by atoms with Crippen LogP contribution in [0.1, 0.15) is 39.5 Å². The molecule has 0 aromatic heterocycles. The van der Waals surface area contributed by atoms with E-state index in [4.69, 9.17) is 9.47 Å². The second-order valence-electron chi connectivity index (χ2n) is 4.90. The molecule has 0 aliphatic heterocycles. The Kier molecular flexibility index (Phi) is 6.36. The summed E-state index contributed by atoms with van der Waals surface area (Å²) in [6, 6.07) is 7.46. The van der Waals surface area contributed by atoms with E-state index in [0.717, 1.165) is 0 Å². The first kappa shape index (κ1) is 16.3. The Hall–Kier alpha value is -1.71. The van der Waals surface area contributed by atoms with Crippen LogP contribution in [0.15, 0.2) is 24.3 Å². The molecule has 0 aliphatic carbocycles. The van der Waals surface area contributed by atoms with Gasteiger partial charge in [-0.1, -0.05) is 26.0 Å². The molecule has 0 heterocycles. The molecular weight excluding hydrogens is 256 g/mol. The molecule has 0 bridgehead atoms. The second-order valence-corrected chi connectivity index (χ2v) is 4.90. The summed E-state index contributed by atoms with van der Waals surface area (Å²) in [6.45, 7) is 4.35. The van der Waals surface area contributed by atoms with Gasteiger partial charge < -0.3 is 14.6 Å². The molecule has 1 rings (SSSR count). The van der Waals surface area contributed by atoms with E-state index >= 15 is 0 Å². The van der Waals surface area contributed by atoms with E-state index in [2.05, 4.69) is 0 Å². The predicted octanol–water partition coefficient (Wildman–Crippen LogP) is 3.75. The maximum atomic E-state index is 11.4. The number of para-hydroxylation sites is 2. The van der Waals surface area contributed by atoms with E-state index in [1.54, 1.807) is 7.11 Å². The fourth-order valence-corrected chi connectivity index (χ4v) is 2.34. The molecule has 112 valence electrons. The SMILES string of the molecule is CCC(CC)(CCCOc1ccccc1OC)C(=O)O. The van der Waals surface area contributed by atoms with Crippen LogP contribution >= 0.6 is 0 Å². The first-order valence-corrected chi connectivity index (χ1v) is 7.09. The second kappa shape index (κ2) is 7.78. The Morgan fingerprint density at radius 2 is 1.80 bits per heavy atom. The van der Waals surface area contributed by atoms with Gasteiger partial charge >= 0.3 is 5.97 Å². The van der Waals surface area contributed by atoms with Crippen molar-refractivity contribution in [1.82, 2.24) is 0 Å². The van der Waals surface area contributed by atoms with E-state index in [1.165, 1.54) is 0 Å². The van der Waals surface area contributed by atoms with Gasteiger partial charge in [0.15, 0.2) is 11.5 Å². The highest BCUT2D eigenvalue weighted by Crippen LogP contribution is 2.33. The van der Waals surface area contributed by atoms with Crippen LogP contribution in [-0.2, 0) is 4.79 Å². The lowest BCUT2D eigenvalue weighted by atomic mass is 9.78. The molecule has 1 aromatic carbocycles.